The Kier molecular flexibility index (Phi) is 4.06. The Bertz CT molecular complexity index is 637. The van der Waals surface area contributed by atoms with Gasteiger partial charge in [0, 0.05) is 12.1 Å². The third-order valence-corrected chi connectivity index (χ3v) is 6.82. The molecule has 0 aliphatic heterocycles. The molecule has 4 fully saturated rings. The van der Waals surface area contributed by atoms with Gasteiger partial charge in [-0.2, -0.15) is 0 Å². The molecule has 3 nitrogen and oxygen atoms in total. The van der Waals surface area contributed by atoms with Crippen LogP contribution in [0, 0.1) is 16.7 Å². The van der Waals surface area contributed by atoms with Gasteiger partial charge in [-0.05, 0) is 79.9 Å². The molecular weight excluding hydrogens is 310 g/mol. The highest BCUT2D eigenvalue weighted by Gasteiger charge is 2.59. The summed E-state index contributed by atoms with van der Waals surface area (Å²) in [6, 6.07) is 6.34. The molecule has 4 saturated carbocycles. The van der Waals surface area contributed by atoms with Gasteiger partial charge in [0.25, 0.3) is 0 Å². The lowest BCUT2D eigenvalue weighted by Crippen LogP contribution is -2.63. The Hall–Kier alpha value is -1.22. The molecule has 0 saturated heterocycles. The monoisotopic (exact) mass is 343 g/mol. The van der Waals surface area contributed by atoms with Crippen molar-refractivity contribution in [3.63, 3.8) is 0 Å². The van der Waals surface area contributed by atoms with E-state index in [1.165, 1.54) is 44.1 Å². The van der Waals surface area contributed by atoms with Crippen LogP contribution in [0.3, 0.4) is 0 Å². The van der Waals surface area contributed by atoms with E-state index in [0.29, 0.717) is 23.0 Å². The SMILES string of the molecule is CCOc1ccc(CNC23CC4C[C@@](C)(C2)C[C@](C)(C4)C3)cc1OC. The van der Waals surface area contributed by atoms with Gasteiger partial charge in [0.05, 0.1) is 13.7 Å². The number of ether oxygens (including phenoxy) is 2. The predicted molar refractivity (Wildman–Crippen MR) is 101 cm³/mol. The quantitative estimate of drug-likeness (QED) is 0.794. The normalized spacial score (nSPS) is 38.8. The molecular formula is C22H33NO2. The second kappa shape index (κ2) is 5.90. The fourth-order valence-electron chi connectivity index (χ4n) is 7.03. The summed E-state index contributed by atoms with van der Waals surface area (Å²) >= 11 is 0. The topological polar surface area (TPSA) is 30.5 Å². The average molecular weight is 344 g/mol. The predicted octanol–water partition coefficient (Wildman–Crippen LogP) is 4.93. The van der Waals surface area contributed by atoms with Crippen molar-refractivity contribution in [3.8, 4) is 11.5 Å². The molecule has 0 aromatic heterocycles. The second-order valence-electron chi connectivity index (χ2n) is 9.68. The van der Waals surface area contributed by atoms with E-state index in [1.54, 1.807) is 7.11 Å². The molecule has 1 N–H and O–H groups in total. The van der Waals surface area contributed by atoms with Gasteiger partial charge in [0.1, 0.15) is 0 Å². The molecule has 0 radical (unpaired) electrons. The maximum atomic E-state index is 5.64. The van der Waals surface area contributed by atoms with Gasteiger partial charge in [-0.3, -0.25) is 0 Å². The first-order chi connectivity index (χ1) is 11.9. The van der Waals surface area contributed by atoms with Gasteiger partial charge in [-0.1, -0.05) is 19.9 Å². The molecule has 5 rings (SSSR count). The van der Waals surface area contributed by atoms with Gasteiger partial charge in [-0.15, -0.1) is 0 Å². The maximum Gasteiger partial charge on any atom is 0.161 e. The zero-order chi connectivity index (χ0) is 17.7. The van der Waals surface area contributed by atoms with Crippen LogP contribution < -0.4 is 14.8 Å². The van der Waals surface area contributed by atoms with Crippen LogP contribution >= 0.6 is 0 Å². The Morgan fingerprint density at radius 3 is 2.36 bits per heavy atom. The van der Waals surface area contributed by atoms with E-state index >= 15 is 0 Å². The molecule has 4 aliphatic carbocycles. The maximum absolute atomic E-state index is 5.64. The van der Waals surface area contributed by atoms with Crippen LogP contribution in [-0.4, -0.2) is 19.3 Å². The molecule has 1 aromatic carbocycles. The highest BCUT2D eigenvalue weighted by atomic mass is 16.5. The molecule has 0 spiro atoms. The summed E-state index contributed by atoms with van der Waals surface area (Å²) in [6.45, 7) is 8.65. The third kappa shape index (κ3) is 3.16. The molecule has 138 valence electrons. The van der Waals surface area contributed by atoms with E-state index in [9.17, 15) is 0 Å². The standard InChI is InChI=1S/C22H33NO2/c1-5-25-18-7-6-16(8-19(18)24-4)12-23-22-11-17-9-20(2,14-22)13-21(3,10-17)15-22/h6-8,17,23H,5,9-15H2,1-4H3/t17?,20-,21+,22?. The minimum Gasteiger partial charge on any atom is -0.493 e. The fourth-order valence-corrected chi connectivity index (χ4v) is 7.03. The van der Waals surface area contributed by atoms with Crippen LogP contribution in [0.25, 0.3) is 0 Å². The van der Waals surface area contributed by atoms with Gasteiger partial charge in [0.2, 0.25) is 0 Å². The van der Waals surface area contributed by atoms with Crippen LogP contribution in [0.4, 0.5) is 0 Å². The van der Waals surface area contributed by atoms with Gasteiger partial charge < -0.3 is 14.8 Å². The molecule has 2 unspecified atom stereocenters. The number of benzene rings is 1. The fraction of sp³-hybridized carbons (Fsp3) is 0.727. The second-order valence-corrected chi connectivity index (χ2v) is 9.68. The Morgan fingerprint density at radius 2 is 1.76 bits per heavy atom. The van der Waals surface area contributed by atoms with Crippen molar-refractivity contribution in [3.05, 3.63) is 23.8 Å². The molecule has 4 atom stereocenters. The Morgan fingerprint density at radius 1 is 1.04 bits per heavy atom. The van der Waals surface area contributed by atoms with E-state index < -0.39 is 0 Å². The molecule has 3 heteroatoms. The van der Waals surface area contributed by atoms with Crippen LogP contribution in [-0.2, 0) is 6.54 Å². The summed E-state index contributed by atoms with van der Waals surface area (Å²) in [5.74, 6) is 2.60. The minimum absolute atomic E-state index is 0.342. The zero-order valence-corrected chi connectivity index (χ0v) is 16.3. The third-order valence-electron chi connectivity index (χ3n) is 6.82. The number of hydrogen-bond donors (Lipinski definition) is 1. The van der Waals surface area contributed by atoms with Crippen LogP contribution in [0.2, 0.25) is 0 Å². The summed E-state index contributed by atoms with van der Waals surface area (Å²) in [7, 11) is 1.72. The van der Waals surface area contributed by atoms with Crippen molar-refractivity contribution in [2.45, 2.75) is 71.4 Å². The summed E-state index contributed by atoms with van der Waals surface area (Å²) in [5, 5.41) is 4.00. The largest absolute Gasteiger partial charge is 0.493 e. The first kappa shape index (κ1) is 17.2. The minimum atomic E-state index is 0.342. The summed E-state index contributed by atoms with van der Waals surface area (Å²) in [4.78, 5) is 0. The van der Waals surface area contributed by atoms with Crippen molar-refractivity contribution in [1.29, 1.82) is 0 Å². The molecule has 4 aliphatic rings. The average Bonchev–Trinajstić information content (AvgIpc) is 2.51. The molecule has 4 bridgehead atoms. The molecule has 1 aromatic rings. The van der Waals surface area contributed by atoms with Crippen LogP contribution in [0.15, 0.2) is 18.2 Å². The first-order valence-electron chi connectivity index (χ1n) is 9.91. The van der Waals surface area contributed by atoms with Crippen molar-refractivity contribution < 1.29 is 9.47 Å². The number of nitrogens with one attached hydrogen (secondary N) is 1. The smallest absolute Gasteiger partial charge is 0.161 e. The number of hydrogen-bond acceptors (Lipinski definition) is 3. The van der Waals surface area contributed by atoms with E-state index in [1.807, 2.05) is 13.0 Å². The lowest BCUT2D eigenvalue weighted by molar-refractivity contribution is -0.118. The number of methoxy groups -OCH3 is 1. The van der Waals surface area contributed by atoms with Crippen LogP contribution in [0.1, 0.15) is 64.9 Å². The molecule has 0 heterocycles. The van der Waals surface area contributed by atoms with E-state index in [-0.39, 0.29) is 0 Å². The summed E-state index contributed by atoms with van der Waals surface area (Å²) in [6.07, 6.45) is 8.38. The molecule has 25 heavy (non-hydrogen) atoms. The highest BCUT2D eigenvalue weighted by Crippen LogP contribution is 2.66. The highest BCUT2D eigenvalue weighted by molar-refractivity contribution is 5.43. The Labute approximate surface area is 152 Å². The van der Waals surface area contributed by atoms with Crippen molar-refractivity contribution in [1.82, 2.24) is 5.32 Å². The van der Waals surface area contributed by atoms with Gasteiger partial charge >= 0.3 is 0 Å². The lowest BCUT2D eigenvalue weighted by atomic mass is 9.43. The summed E-state index contributed by atoms with van der Waals surface area (Å²) < 4.78 is 11.2. The molecule has 0 amide bonds. The van der Waals surface area contributed by atoms with Crippen molar-refractivity contribution in [2.24, 2.45) is 16.7 Å². The van der Waals surface area contributed by atoms with Crippen molar-refractivity contribution in [2.75, 3.05) is 13.7 Å². The van der Waals surface area contributed by atoms with Gasteiger partial charge in [-0.25, -0.2) is 0 Å². The zero-order valence-electron chi connectivity index (χ0n) is 16.3. The van der Waals surface area contributed by atoms with E-state index in [2.05, 4.69) is 31.3 Å². The van der Waals surface area contributed by atoms with Crippen molar-refractivity contribution >= 4 is 0 Å². The number of rotatable bonds is 6. The van der Waals surface area contributed by atoms with E-state index in [4.69, 9.17) is 9.47 Å². The van der Waals surface area contributed by atoms with Crippen LogP contribution in [0.5, 0.6) is 11.5 Å². The first-order valence-corrected chi connectivity index (χ1v) is 9.91. The lowest BCUT2D eigenvalue weighted by Gasteiger charge is -2.65. The Balaban J connectivity index is 1.50. The van der Waals surface area contributed by atoms with E-state index in [0.717, 1.165) is 24.0 Å². The van der Waals surface area contributed by atoms with Gasteiger partial charge in [0.15, 0.2) is 11.5 Å². The summed E-state index contributed by atoms with van der Waals surface area (Å²) in [5.41, 5.74) is 2.73.